The zero-order valence-corrected chi connectivity index (χ0v) is 10.1. The highest BCUT2D eigenvalue weighted by Crippen LogP contribution is 2.30. The topological polar surface area (TPSA) is 56.0 Å². The molecule has 0 fully saturated rings. The molecule has 7 heteroatoms. The van der Waals surface area contributed by atoms with Gasteiger partial charge in [0.05, 0.1) is 9.95 Å². The van der Waals surface area contributed by atoms with Crippen molar-refractivity contribution in [2.75, 3.05) is 5.88 Å². The number of aromatic nitrogens is 1. The Labute approximate surface area is 101 Å². The lowest BCUT2D eigenvalue weighted by atomic mass is 10.4. The number of alkyl halides is 1. The quantitative estimate of drug-likeness (QED) is 0.363. The van der Waals surface area contributed by atoms with E-state index in [4.69, 9.17) is 23.2 Å². The van der Waals surface area contributed by atoms with E-state index in [1.807, 2.05) is 6.92 Å². The van der Waals surface area contributed by atoms with Gasteiger partial charge in [-0.3, -0.25) is 10.1 Å². The van der Waals surface area contributed by atoms with Crippen molar-refractivity contribution in [1.29, 1.82) is 0 Å². The van der Waals surface area contributed by atoms with Crippen molar-refractivity contribution in [2.45, 2.75) is 17.2 Å². The van der Waals surface area contributed by atoms with Crippen molar-refractivity contribution in [3.05, 3.63) is 27.4 Å². The minimum absolute atomic E-state index is 0.108. The first-order chi connectivity index (χ1) is 7.04. The molecule has 1 aromatic rings. The van der Waals surface area contributed by atoms with Crippen LogP contribution in [0.1, 0.15) is 6.92 Å². The number of nitrogens with zero attached hydrogens (tertiary/aromatic N) is 2. The average Bonchev–Trinajstić information content (AvgIpc) is 2.20. The maximum absolute atomic E-state index is 10.4. The fourth-order valence-electron chi connectivity index (χ4n) is 0.824. The van der Waals surface area contributed by atoms with E-state index in [1.165, 1.54) is 24.0 Å². The standard InChI is InChI=1S/C8H8Cl2N2O2S/c1-5(3-9)15-8-7(10)2-6(4-11-8)12(13)14/h2,4-5H,3H2,1H3. The van der Waals surface area contributed by atoms with Crippen LogP contribution < -0.4 is 0 Å². The van der Waals surface area contributed by atoms with Crippen LogP contribution in [-0.4, -0.2) is 21.0 Å². The van der Waals surface area contributed by atoms with Gasteiger partial charge >= 0.3 is 0 Å². The third kappa shape index (κ3) is 3.52. The number of nitro groups is 1. The summed E-state index contributed by atoms with van der Waals surface area (Å²) in [7, 11) is 0. The monoisotopic (exact) mass is 266 g/mol. The molecule has 0 aliphatic rings. The van der Waals surface area contributed by atoms with Gasteiger partial charge in [0.15, 0.2) is 0 Å². The minimum atomic E-state index is -0.529. The van der Waals surface area contributed by atoms with E-state index in [2.05, 4.69) is 4.98 Å². The summed E-state index contributed by atoms with van der Waals surface area (Å²) < 4.78 is 0. The first-order valence-electron chi connectivity index (χ1n) is 4.07. The maximum Gasteiger partial charge on any atom is 0.289 e. The maximum atomic E-state index is 10.4. The fourth-order valence-corrected chi connectivity index (χ4v) is 2.04. The van der Waals surface area contributed by atoms with Gasteiger partial charge in [0.25, 0.3) is 5.69 Å². The second-order valence-corrected chi connectivity index (χ2v) is 4.96. The van der Waals surface area contributed by atoms with Crippen LogP contribution in [0.2, 0.25) is 5.02 Å². The van der Waals surface area contributed by atoms with Crippen molar-refractivity contribution >= 4 is 40.7 Å². The highest BCUT2D eigenvalue weighted by Gasteiger charge is 2.13. The van der Waals surface area contributed by atoms with Gasteiger partial charge in [-0.25, -0.2) is 4.98 Å². The Morgan fingerprint density at radius 3 is 2.87 bits per heavy atom. The summed E-state index contributed by atoms with van der Waals surface area (Å²) in [5, 5.41) is 11.4. The number of hydrogen-bond donors (Lipinski definition) is 0. The molecule has 0 aromatic carbocycles. The molecule has 82 valence electrons. The Hall–Kier alpha value is -0.520. The van der Waals surface area contributed by atoms with E-state index in [-0.39, 0.29) is 16.0 Å². The van der Waals surface area contributed by atoms with Crippen molar-refractivity contribution in [3.63, 3.8) is 0 Å². The van der Waals surface area contributed by atoms with Gasteiger partial charge in [-0.1, -0.05) is 18.5 Å². The van der Waals surface area contributed by atoms with Gasteiger partial charge in [0.1, 0.15) is 11.2 Å². The lowest BCUT2D eigenvalue weighted by molar-refractivity contribution is -0.385. The van der Waals surface area contributed by atoms with E-state index in [0.717, 1.165) is 0 Å². The first kappa shape index (κ1) is 12.5. The normalized spacial score (nSPS) is 12.5. The van der Waals surface area contributed by atoms with Crippen LogP contribution in [0.3, 0.4) is 0 Å². The van der Waals surface area contributed by atoms with Crippen molar-refractivity contribution in [3.8, 4) is 0 Å². The summed E-state index contributed by atoms with van der Waals surface area (Å²) in [5.74, 6) is 0.472. The van der Waals surface area contributed by atoms with Crippen molar-refractivity contribution in [1.82, 2.24) is 4.98 Å². The van der Waals surface area contributed by atoms with Crippen LogP contribution in [-0.2, 0) is 0 Å². The van der Waals surface area contributed by atoms with E-state index in [1.54, 1.807) is 0 Å². The van der Waals surface area contributed by atoms with Crippen LogP contribution in [0.5, 0.6) is 0 Å². The van der Waals surface area contributed by atoms with E-state index >= 15 is 0 Å². The Morgan fingerprint density at radius 2 is 2.40 bits per heavy atom. The van der Waals surface area contributed by atoms with Crippen LogP contribution in [0, 0.1) is 10.1 Å². The van der Waals surface area contributed by atoms with Crippen LogP contribution in [0.25, 0.3) is 0 Å². The molecule has 0 saturated carbocycles. The van der Waals surface area contributed by atoms with Gasteiger partial charge in [-0.15, -0.1) is 23.4 Å². The van der Waals surface area contributed by atoms with Crippen molar-refractivity contribution < 1.29 is 4.92 Å². The zero-order chi connectivity index (χ0) is 11.4. The SMILES string of the molecule is CC(CCl)Sc1ncc([N+](=O)[O-])cc1Cl. The van der Waals surface area contributed by atoms with Crippen LogP contribution >= 0.6 is 35.0 Å². The fraction of sp³-hybridized carbons (Fsp3) is 0.375. The Kier molecular flexibility index (Phi) is 4.63. The lowest BCUT2D eigenvalue weighted by Crippen LogP contribution is -1.98. The van der Waals surface area contributed by atoms with Gasteiger partial charge in [0.2, 0.25) is 0 Å². The molecular weight excluding hydrogens is 259 g/mol. The number of halogens is 2. The summed E-state index contributed by atoms with van der Waals surface area (Å²) in [6.07, 6.45) is 1.19. The van der Waals surface area contributed by atoms with E-state index < -0.39 is 4.92 Å². The third-order valence-corrected chi connectivity index (χ3v) is 3.70. The van der Waals surface area contributed by atoms with Crippen LogP contribution in [0.15, 0.2) is 17.3 Å². The highest BCUT2D eigenvalue weighted by atomic mass is 35.5. The molecule has 0 bridgehead atoms. The van der Waals surface area contributed by atoms with Crippen LogP contribution in [0.4, 0.5) is 5.69 Å². The largest absolute Gasteiger partial charge is 0.289 e. The van der Waals surface area contributed by atoms with E-state index in [9.17, 15) is 10.1 Å². The number of rotatable bonds is 4. The lowest BCUT2D eigenvalue weighted by Gasteiger charge is -2.06. The average molecular weight is 267 g/mol. The predicted molar refractivity (Wildman–Crippen MR) is 61.9 cm³/mol. The summed E-state index contributed by atoms with van der Waals surface area (Å²) in [6.45, 7) is 1.93. The summed E-state index contributed by atoms with van der Waals surface area (Å²) in [4.78, 5) is 13.8. The molecule has 0 saturated heterocycles. The van der Waals surface area contributed by atoms with Crippen molar-refractivity contribution in [2.24, 2.45) is 0 Å². The third-order valence-electron chi connectivity index (χ3n) is 1.53. The first-order valence-corrected chi connectivity index (χ1v) is 5.86. The molecule has 0 aliphatic carbocycles. The molecular formula is C8H8Cl2N2O2S. The Balaban J connectivity index is 2.88. The summed E-state index contributed by atoms with van der Waals surface area (Å²) in [5.41, 5.74) is -0.108. The van der Waals surface area contributed by atoms with Gasteiger partial charge < -0.3 is 0 Å². The number of hydrogen-bond acceptors (Lipinski definition) is 4. The Bertz CT molecular complexity index is 376. The Morgan fingerprint density at radius 1 is 1.73 bits per heavy atom. The molecule has 0 aliphatic heterocycles. The molecule has 1 heterocycles. The summed E-state index contributed by atoms with van der Waals surface area (Å²) in [6, 6.07) is 1.29. The second kappa shape index (κ2) is 5.53. The smallest absolute Gasteiger partial charge is 0.258 e. The number of thioether (sulfide) groups is 1. The molecule has 1 atom stereocenters. The van der Waals surface area contributed by atoms with E-state index in [0.29, 0.717) is 10.9 Å². The molecule has 4 nitrogen and oxygen atoms in total. The highest BCUT2D eigenvalue weighted by molar-refractivity contribution is 8.00. The van der Waals surface area contributed by atoms with Gasteiger partial charge in [-0.2, -0.15) is 0 Å². The molecule has 0 spiro atoms. The predicted octanol–water partition coefficient (Wildman–Crippen LogP) is 3.36. The number of pyridine rings is 1. The van der Waals surface area contributed by atoms with Gasteiger partial charge in [0, 0.05) is 17.2 Å². The molecule has 1 unspecified atom stereocenters. The minimum Gasteiger partial charge on any atom is -0.258 e. The van der Waals surface area contributed by atoms with Gasteiger partial charge in [-0.05, 0) is 0 Å². The molecule has 0 N–H and O–H groups in total. The molecule has 1 rings (SSSR count). The summed E-state index contributed by atoms with van der Waals surface area (Å²) >= 11 is 12.9. The zero-order valence-electron chi connectivity index (χ0n) is 7.81. The molecule has 1 aromatic heterocycles. The molecule has 15 heavy (non-hydrogen) atoms. The second-order valence-electron chi connectivity index (χ2n) is 2.82. The molecule has 0 amide bonds. The molecule has 0 radical (unpaired) electrons.